The molecule has 1 unspecified atom stereocenters. The third-order valence-corrected chi connectivity index (χ3v) is 4.17. The minimum absolute atomic E-state index is 0.0297. The van der Waals surface area contributed by atoms with Gasteiger partial charge >= 0.3 is 0 Å². The number of nitrogens with two attached hydrogens (primary N) is 1. The number of anilines is 1. The van der Waals surface area contributed by atoms with Crippen molar-refractivity contribution < 1.29 is 9.18 Å². The summed E-state index contributed by atoms with van der Waals surface area (Å²) in [6.45, 7) is 2.78. The zero-order valence-electron chi connectivity index (χ0n) is 11.4. The Morgan fingerprint density at radius 1 is 1.40 bits per heavy atom. The number of hydrogen-bond donors (Lipinski definition) is 2. The molecule has 0 radical (unpaired) electrons. The molecule has 0 spiro atoms. The van der Waals surface area contributed by atoms with Crippen LogP contribution in [0.5, 0.6) is 0 Å². The van der Waals surface area contributed by atoms with Gasteiger partial charge in [0.2, 0.25) is 0 Å². The first-order valence-corrected chi connectivity index (χ1v) is 7.21. The van der Waals surface area contributed by atoms with Gasteiger partial charge in [-0.1, -0.05) is 0 Å². The lowest BCUT2D eigenvalue weighted by molar-refractivity contribution is 0.0943. The van der Waals surface area contributed by atoms with Crippen LogP contribution in [0.15, 0.2) is 18.2 Å². The van der Waals surface area contributed by atoms with E-state index in [0.29, 0.717) is 18.2 Å². The van der Waals surface area contributed by atoms with Crippen molar-refractivity contribution in [3.05, 3.63) is 29.6 Å². The van der Waals surface area contributed by atoms with Crippen molar-refractivity contribution in [3.8, 4) is 0 Å². The lowest BCUT2D eigenvalue weighted by atomic mass is 10.1. The standard InChI is InChI=1S/C15H20FN3O/c16-14-4-1-11(17)7-13(14)15(20)18-8-10-5-6-19(9-10)12-2-3-12/h1,4,7,10,12H,2-3,5-6,8-9,17H2,(H,18,20). The first-order chi connectivity index (χ1) is 9.63. The van der Waals surface area contributed by atoms with Crippen LogP contribution in [0.2, 0.25) is 0 Å². The maximum atomic E-state index is 13.6. The molecule has 108 valence electrons. The molecule has 0 bridgehead atoms. The van der Waals surface area contributed by atoms with E-state index in [1.54, 1.807) is 0 Å². The van der Waals surface area contributed by atoms with E-state index in [4.69, 9.17) is 5.73 Å². The predicted molar refractivity (Wildman–Crippen MR) is 75.8 cm³/mol. The lowest BCUT2D eigenvalue weighted by Crippen LogP contribution is -2.32. The van der Waals surface area contributed by atoms with Crippen LogP contribution in [0.25, 0.3) is 0 Å². The molecule has 5 heteroatoms. The molecule has 1 aliphatic carbocycles. The van der Waals surface area contributed by atoms with Gasteiger partial charge < -0.3 is 16.0 Å². The zero-order valence-corrected chi connectivity index (χ0v) is 11.4. The van der Waals surface area contributed by atoms with Gasteiger partial charge in [-0.3, -0.25) is 4.79 Å². The number of nitrogens with one attached hydrogen (secondary N) is 1. The predicted octanol–water partition coefficient (Wildman–Crippen LogP) is 1.62. The third-order valence-electron chi connectivity index (χ3n) is 4.17. The second-order valence-electron chi connectivity index (χ2n) is 5.83. The monoisotopic (exact) mass is 277 g/mol. The molecule has 1 atom stereocenters. The maximum absolute atomic E-state index is 13.6. The fourth-order valence-corrected chi connectivity index (χ4v) is 2.85. The Kier molecular flexibility index (Phi) is 3.61. The summed E-state index contributed by atoms with van der Waals surface area (Å²) in [6, 6.07) is 4.85. The fraction of sp³-hybridized carbons (Fsp3) is 0.533. The Bertz CT molecular complexity index is 516. The van der Waals surface area contributed by atoms with Crippen LogP contribution in [0.4, 0.5) is 10.1 Å². The molecule has 2 aliphatic rings. The van der Waals surface area contributed by atoms with E-state index in [2.05, 4.69) is 10.2 Å². The van der Waals surface area contributed by atoms with Crippen LogP contribution in [0.1, 0.15) is 29.6 Å². The van der Waals surface area contributed by atoms with E-state index < -0.39 is 5.82 Å². The second-order valence-corrected chi connectivity index (χ2v) is 5.83. The number of nitrogens with zero attached hydrogens (tertiary/aromatic N) is 1. The number of amides is 1. The van der Waals surface area contributed by atoms with E-state index in [0.717, 1.165) is 25.6 Å². The summed E-state index contributed by atoms with van der Waals surface area (Å²) in [6.07, 6.45) is 3.73. The first-order valence-electron chi connectivity index (χ1n) is 7.21. The lowest BCUT2D eigenvalue weighted by Gasteiger charge is -2.15. The number of nitrogen functional groups attached to an aromatic ring is 1. The molecular weight excluding hydrogens is 257 g/mol. The molecule has 2 fully saturated rings. The Balaban J connectivity index is 1.53. The highest BCUT2D eigenvalue weighted by atomic mass is 19.1. The number of rotatable bonds is 4. The molecule has 1 heterocycles. The third kappa shape index (κ3) is 2.93. The largest absolute Gasteiger partial charge is 0.399 e. The van der Waals surface area contributed by atoms with Gasteiger partial charge in [-0.15, -0.1) is 0 Å². The quantitative estimate of drug-likeness (QED) is 0.822. The molecule has 1 amide bonds. The second kappa shape index (κ2) is 5.40. The van der Waals surface area contributed by atoms with Crippen LogP contribution in [-0.2, 0) is 0 Å². The highest BCUT2D eigenvalue weighted by Gasteiger charge is 2.34. The highest BCUT2D eigenvalue weighted by Crippen LogP contribution is 2.31. The van der Waals surface area contributed by atoms with Gasteiger partial charge in [0.05, 0.1) is 5.56 Å². The van der Waals surface area contributed by atoms with Crippen LogP contribution in [-0.4, -0.2) is 36.5 Å². The molecule has 1 aromatic carbocycles. The summed E-state index contributed by atoms with van der Waals surface area (Å²) in [7, 11) is 0. The Morgan fingerprint density at radius 2 is 2.20 bits per heavy atom. The number of halogens is 1. The molecule has 1 aliphatic heterocycles. The molecular formula is C15H20FN3O. The van der Waals surface area contributed by atoms with E-state index >= 15 is 0 Å². The molecule has 1 saturated carbocycles. The van der Waals surface area contributed by atoms with E-state index in [1.165, 1.54) is 31.0 Å². The topological polar surface area (TPSA) is 58.4 Å². The molecule has 1 saturated heterocycles. The summed E-state index contributed by atoms with van der Waals surface area (Å²) in [4.78, 5) is 14.5. The average Bonchev–Trinajstić information content (AvgIpc) is 3.18. The Morgan fingerprint density at radius 3 is 2.95 bits per heavy atom. The van der Waals surface area contributed by atoms with Crippen LogP contribution < -0.4 is 11.1 Å². The normalized spacial score (nSPS) is 22.9. The van der Waals surface area contributed by atoms with Crippen LogP contribution in [0, 0.1) is 11.7 Å². The molecule has 20 heavy (non-hydrogen) atoms. The van der Waals surface area contributed by atoms with Gasteiger partial charge in [0.25, 0.3) is 5.91 Å². The molecule has 1 aromatic rings. The summed E-state index contributed by atoms with van der Waals surface area (Å²) in [5, 5.41) is 2.83. The summed E-state index contributed by atoms with van der Waals surface area (Å²) in [5.74, 6) is -0.425. The number of hydrogen-bond acceptors (Lipinski definition) is 3. The van der Waals surface area contributed by atoms with E-state index in [-0.39, 0.29) is 11.5 Å². The highest BCUT2D eigenvalue weighted by molar-refractivity contribution is 5.95. The SMILES string of the molecule is Nc1ccc(F)c(C(=O)NCC2CCN(C3CC3)C2)c1. The molecule has 4 nitrogen and oxygen atoms in total. The number of carbonyl (C=O) groups excluding carboxylic acids is 1. The number of benzene rings is 1. The van der Waals surface area contributed by atoms with Gasteiger partial charge in [0.1, 0.15) is 5.82 Å². The van der Waals surface area contributed by atoms with Gasteiger partial charge in [-0.2, -0.15) is 0 Å². The smallest absolute Gasteiger partial charge is 0.254 e. The summed E-state index contributed by atoms with van der Waals surface area (Å²) < 4.78 is 13.6. The van der Waals surface area contributed by atoms with Crippen molar-refractivity contribution in [2.24, 2.45) is 5.92 Å². The minimum atomic E-state index is -0.525. The Labute approximate surface area is 118 Å². The van der Waals surface area contributed by atoms with Gasteiger partial charge in [0.15, 0.2) is 0 Å². The van der Waals surface area contributed by atoms with Gasteiger partial charge in [0, 0.05) is 24.8 Å². The van der Waals surface area contributed by atoms with Gasteiger partial charge in [-0.05, 0) is 49.9 Å². The van der Waals surface area contributed by atoms with Crippen molar-refractivity contribution in [1.29, 1.82) is 0 Å². The van der Waals surface area contributed by atoms with Crippen molar-refractivity contribution in [2.45, 2.75) is 25.3 Å². The minimum Gasteiger partial charge on any atom is -0.399 e. The van der Waals surface area contributed by atoms with E-state index in [1.807, 2.05) is 0 Å². The maximum Gasteiger partial charge on any atom is 0.254 e. The zero-order chi connectivity index (χ0) is 14.1. The van der Waals surface area contributed by atoms with Gasteiger partial charge in [-0.25, -0.2) is 4.39 Å². The van der Waals surface area contributed by atoms with Crippen molar-refractivity contribution in [2.75, 3.05) is 25.4 Å². The average molecular weight is 277 g/mol. The first kappa shape index (κ1) is 13.4. The van der Waals surface area contributed by atoms with Crippen LogP contribution >= 0.6 is 0 Å². The van der Waals surface area contributed by atoms with Crippen molar-refractivity contribution in [1.82, 2.24) is 10.2 Å². The van der Waals surface area contributed by atoms with Crippen LogP contribution in [0.3, 0.4) is 0 Å². The summed E-state index contributed by atoms with van der Waals surface area (Å²) >= 11 is 0. The van der Waals surface area contributed by atoms with Crippen molar-refractivity contribution >= 4 is 11.6 Å². The number of likely N-dealkylation sites (tertiary alicyclic amines) is 1. The Hall–Kier alpha value is -1.62. The molecule has 3 N–H and O–H groups in total. The van der Waals surface area contributed by atoms with E-state index in [9.17, 15) is 9.18 Å². The van der Waals surface area contributed by atoms with Crippen molar-refractivity contribution in [3.63, 3.8) is 0 Å². The fourth-order valence-electron chi connectivity index (χ4n) is 2.85. The molecule has 0 aromatic heterocycles. The molecule has 3 rings (SSSR count). The summed E-state index contributed by atoms with van der Waals surface area (Å²) in [5.41, 5.74) is 6.02. The number of carbonyl (C=O) groups is 1.